The Balaban J connectivity index is 1.97. The van der Waals surface area contributed by atoms with E-state index in [1.165, 1.54) is 11.3 Å². The molecule has 2 N–H and O–H groups in total. The normalized spacial score (nSPS) is 11.2. The molecule has 0 radical (unpaired) electrons. The van der Waals surface area contributed by atoms with Crippen molar-refractivity contribution in [1.82, 2.24) is 14.4 Å². The molecule has 0 spiro atoms. The summed E-state index contributed by atoms with van der Waals surface area (Å²) in [5.74, 6) is 1.35. The average molecular weight is 282 g/mol. The molecule has 0 fully saturated rings. The Morgan fingerprint density at radius 3 is 2.90 bits per heavy atom. The number of imidazole rings is 1. The first-order chi connectivity index (χ1) is 9.84. The van der Waals surface area contributed by atoms with Gasteiger partial charge < -0.3 is 10.2 Å². The Kier molecular flexibility index (Phi) is 2.37. The zero-order valence-electron chi connectivity index (χ0n) is 10.4. The number of anilines is 1. The number of pyridine rings is 1. The average Bonchev–Trinajstić information content (AvgIpc) is 3.18. The minimum absolute atomic E-state index is 0.575. The van der Waals surface area contributed by atoms with E-state index in [1.807, 2.05) is 40.1 Å². The van der Waals surface area contributed by atoms with Gasteiger partial charge in [-0.05, 0) is 24.3 Å². The molecule has 4 rings (SSSR count). The Morgan fingerprint density at radius 2 is 2.15 bits per heavy atom. The summed E-state index contributed by atoms with van der Waals surface area (Å²) in [6, 6.07) is 9.44. The smallest absolute Gasteiger partial charge is 0.196 e. The molecular formula is C14H10N4OS. The largest absolute Gasteiger partial charge is 0.463 e. The maximum Gasteiger partial charge on any atom is 0.196 e. The van der Waals surface area contributed by atoms with E-state index in [0.29, 0.717) is 11.5 Å². The molecule has 4 heterocycles. The van der Waals surface area contributed by atoms with Crippen molar-refractivity contribution in [2.45, 2.75) is 0 Å². The van der Waals surface area contributed by atoms with Crippen LogP contribution in [0.3, 0.4) is 0 Å². The predicted molar refractivity (Wildman–Crippen MR) is 78.4 cm³/mol. The highest BCUT2D eigenvalue weighted by Gasteiger charge is 2.18. The number of nitrogens with two attached hydrogens (primary N) is 1. The van der Waals surface area contributed by atoms with Crippen LogP contribution < -0.4 is 5.73 Å². The first kappa shape index (κ1) is 11.2. The fraction of sp³-hybridized carbons (Fsp3) is 0. The lowest BCUT2D eigenvalue weighted by Gasteiger charge is -1.99. The van der Waals surface area contributed by atoms with Gasteiger partial charge in [-0.1, -0.05) is 6.07 Å². The number of thiazole rings is 1. The van der Waals surface area contributed by atoms with Gasteiger partial charge in [0.15, 0.2) is 10.7 Å². The van der Waals surface area contributed by atoms with Crippen LogP contribution in [0.25, 0.3) is 27.8 Å². The molecule has 0 bridgehead atoms. The number of hydrogen-bond donors (Lipinski definition) is 1. The molecule has 0 amide bonds. The summed E-state index contributed by atoms with van der Waals surface area (Å²) in [5, 5.41) is 1.99. The lowest BCUT2D eigenvalue weighted by Crippen LogP contribution is -1.95. The number of nitrogen functional groups attached to an aromatic ring is 1. The van der Waals surface area contributed by atoms with Crippen LogP contribution in [-0.4, -0.2) is 14.4 Å². The summed E-state index contributed by atoms with van der Waals surface area (Å²) >= 11 is 1.53. The highest BCUT2D eigenvalue weighted by molar-refractivity contribution is 7.15. The van der Waals surface area contributed by atoms with Crippen molar-refractivity contribution in [1.29, 1.82) is 0 Å². The van der Waals surface area contributed by atoms with Crippen molar-refractivity contribution in [3.63, 3.8) is 0 Å². The molecule has 98 valence electrons. The second-order valence-electron chi connectivity index (χ2n) is 4.28. The van der Waals surface area contributed by atoms with E-state index < -0.39 is 0 Å². The molecule has 0 saturated carbocycles. The third-order valence-corrected chi connectivity index (χ3v) is 3.91. The monoisotopic (exact) mass is 282 g/mol. The third-order valence-electron chi connectivity index (χ3n) is 3.08. The van der Waals surface area contributed by atoms with Crippen molar-refractivity contribution in [3.05, 3.63) is 48.2 Å². The van der Waals surface area contributed by atoms with Gasteiger partial charge in [0.2, 0.25) is 0 Å². The molecule has 0 saturated heterocycles. The van der Waals surface area contributed by atoms with Gasteiger partial charge in [-0.25, -0.2) is 4.98 Å². The van der Waals surface area contributed by atoms with Crippen LogP contribution in [-0.2, 0) is 0 Å². The van der Waals surface area contributed by atoms with Gasteiger partial charge in [0.1, 0.15) is 17.2 Å². The van der Waals surface area contributed by atoms with Crippen LogP contribution in [0.5, 0.6) is 0 Å². The van der Waals surface area contributed by atoms with E-state index >= 15 is 0 Å². The van der Waals surface area contributed by atoms with Gasteiger partial charge in [0, 0.05) is 11.6 Å². The third kappa shape index (κ3) is 1.55. The molecule has 6 heteroatoms. The highest BCUT2D eigenvalue weighted by Crippen LogP contribution is 2.33. The van der Waals surface area contributed by atoms with Crippen LogP contribution in [0.1, 0.15) is 0 Å². The maximum absolute atomic E-state index is 6.25. The van der Waals surface area contributed by atoms with E-state index in [9.17, 15) is 0 Å². The topological polar surface area (TPSA) is 69.3 Å². The lowest BCUT2D eigenvalue weighted by molar-refractivity contribution is 0.579. The van der Waals surface area contributed by atoms with Gasteiger partial charge in [-0.15, -0.1) is 11.3 Å². The minimum atomic E-state index is 0.575. The van der Waals surface area contributed by atoms with Gasteiger partial charge in [-0.3, -0.25) is 9.38 Å². The number of rotatable bonds is 2. The number of furan rings is 1. The Bertz CT molecular complexity index is 862. The van der Waals surface area contributed by atoms with Crippen LogP contribution in [0.2, 0.25) is 0 Å². The molecule has 0 aromatic carbocycles. The fourth-order valence-corrected chi connectivity index (χ4v) is 3.05. The van der Waals surface area contributed by atoms with Gasteiger partial charge >= 0.3 is 0 Å². The number of aromatic nitrogens is 3. The summed E-state index contributed by atoms with van der Waals surface area (Å²) in [6.45, 7) is 0. The molecule has 0 atom stereocenters. The van der Waals surface area contributed by atoms with Gasteiger partial charge in [0.05, 0.1) is 12.0 Å². The van der Waals surface area contributed by atoms with Crippen molar-refractivity contribution in [2.24, 2.45) is 0 Å². The Hall–Kier alpha value is -2.60. The van der Waals surface area contributed by atoms with Gasteiger partial charge in [-0.2, -0.15) is 0 Å². The zero-order chi connectivity index (χ0) is 13.5. The SMILES string of the molecule is Nc1c(-c2ccccn2)nc2scc(-c3ccco3)n12. The maximum atomic E-state index is 6.25. The van der Waals surface area contributed by atoms with Crippen molar-refractivity contribution in [2.75, 3.05) is 5.73 Å². The van der Waals surface area contributed by atoms with Crippen LogP contribution in [0.4, 0.5) is 5.82 Å². The van der Waals surface area contributed by atoms with Crippen molar-refractivity contribution < 1.29 is 4.42 Å². The first-order valence-corrected chi connectivity index (χ1v) is 6.93. The molecule has 20 heavy (non-hydrogen) atoms. The summed E-state index contributed by atoms with van der Waals surface area (Å²) in [6.07, 6.45) is 3.38. The summed E-state index contributed by atoms with van der Waals surface area (Å²) in [7, 11) is 0. The summed E-state index contributed by atoms with van der Waals surface area (Å²) in [4.78, 5) is 9.70. The van der Waals surface area contributed by atoms with E-state index in [1.54, 1.807) is 12.5 Å². The lowest BCUT2D eigenvalue weighted by atomic mass is 10.3. The number of nitrogens with zero attached hydrogens (tertiary/aromatic N) is 3. The predicted octanol–water partition coefficient (Wildman–Crippen LogP) is 3.30. The second-order valence-corrected chi connectivity index (χ2v) is 5.11. The zero-order valence-corrected chi connectivity index (χ0v) is 11.2. The highest BCUT2D eigenvalue weighted by atomic mass is 32.1. The molecule has 0 aliphatic rings. The van der Waals surface area contributed by atoms with E-state index in [4.69, 9.17) is 10.2 Å². The molecule has 0 unspecified atom stereocenters. The first-order valence-electron chi connectivity index (χ1n) is 6.05. The van der Waals surface area contributed by atoms with E-state index in [0.717, 1.165) is 22.1 Å². The molecule has 4 aromatic heterocycles. The summed E-state index contributed by atoms with van der Waals surface area (Å²) in [5.41, 5.74) is 8.62. The minimum Gasteiger partial charge on any atom is -0.463 e. The van der Waals surface area contributed by atoms with Crippen LogP contribution in [0, 0.1) is 0 Å². The van der Waals surface area contributed by atoms with Crippen molar-refractivity contribution in [3.8, 4) is 22.8 Å². The quantitative estimate of drug-likeness (QED) is 0.612. The summed E-state index contributed by atoms with van der Waals surface area (Å²) < 4.78 is 7.34. The molecule has 5 nitrogen and oxygen atoms in total. The second kappa shape index (κ2) is 4.21. The Labute approximate surface area is 118 Å². The van der Waals surface area contributed by atoms with E-state index in [-0.39, 0.29) is 0 Å². The molecule has 0 aliphatic carbocycles. The molecule has 0 aliphatic heterocycles. The molecule has 4 aromatic rings. The van der Waals surface area contributed by atoms with Gasteiger partial charge in [0.25, 0.3) is 0 Å². The van der Waals surface area contributed by atoms with Crippen LogP contribution in [0.15, 0.2) is 52.6 Å². The standard InChI is InChI=1S/C14H10N4OS/c15-13-12(9-4-1-2-6-16-9)17-14-18(13)10(8-20-14)11-5-3-7-19-11/h1-8H,15H2. The van der Waals surface area contributed by atoms with Crippen LogP contribution >= 0.6 is 11.3 Å². The van der Waals surface area contributed by atoms with E-state index in [2.05, 4.69) is 9.97 Å². The molecular weight excluding hydrogens is 272 g/mol. The Morgan fingerprint density at radius 1 is 1.20 bits per heavy atom. The van der Waals surface area contributed by atoms with Crippen molar-refractivity contribution >= 4 is 22.1 Å². The number of hydrogen-bond acceptors (Lipinski definition) is 5. The number of fused-ring (bicyclic) bond motifs is 1. The fourth-order valence-electron chi connectivity index (χ4n) is 2.17.